The minimum atomic E-state index is -1.52. The van der Waals surface area contributed by atoms with Crippen LogP contribution in [0.25, 0.3) is 11.2 Å². The van der Waals surface area contributed by atoms with Crippen molar-refractivity contribution in [3.8, 4) is 0 Å². The van der Waals surface area contributed by atoms with Crippen molar-refractivity contribution in [2.75, 3.05) is 17.6 Å². The molecule has 0 fully saturated rings. The lowest BCUT2D eigenvalue weighted by Crippen LogP contribution is -2.65. The first-order valence-electron chi connectivity index (χ1n) is 23.1. The van der Waals surface area contributed by atoms with Crippen LogP contribution < -0.4 is 37.9 Å². The molecule has 2 aromatic heterocycles. The summed E-state index contributed by atoms with van der Waals surface area (Å²) in [4.78, 5) is 105. The largest absolute Gasteiger partial charge is 0.481 e. The third-order valence-electron chi connectivity index (χ3n) is 12.3. The maximum Gasteiger partial charge on any atom is 0.332 e. The van der Waals surface area contributed by atoms with E-state index in [1.165, 1.54) is 6.20 Å². The highest BCUT2D eigenvalue weighted by Gasteiger charge is 2.44. The Labute approximate surface area is 396 Å². The predicted octanol–water partition coefficient (Wildman–Crippen LogP) is 4.62. The van der Waals surface area contributed by atoms with Crippen LogP contribution in [0, 0.1) is 0 Å². The van der Waals surface area contributed by atoms with Gasteiger partial charge in [-0.25, -0.2) is 14.8 Å². The standard InChI is InChI=1S/C49H66N10O9/c1-7-48(8-2,38(60)23-18-30(5)54-44(65)33-19-21-35(22-20-33)52-28-36-29-53-43-41(55-36)45(66)57-47(50)56-43)59-37(17-14-24-51-39(61)26-34(46(67)68)27-40(62)63)42(64)49(9-3,10-4)58-31(6)25-32-15-12-11-13-16-32/h11-13,15-16,19-22,26,29-31,37,52,58-59H,7-10,14,17-18,23-25,27-28H2,1-6H3,(H,51,61)(H,54,65)(H,62,63)(H,67,68)(H3,50,53,56,57,66)/b34-26+/t30-,31?,37?/m1/s1. The number of benzene rings is 2. The fourth-order valence-electron chi connectivity index (χ4n) is 8.26. The molecule has 2 aromatic carbocycles. The second-order valence-corrected chi connectivity index (χ2v) is 17.1. The SMILES string of the molecule is CCC(CC)(NC(CCCNC(=O)/C=C(\CC(=O)O)C(=O)O)C(=O)C(CC)(CC)NC(C)Cc1ccccc1)C(=O)CC[C@@H](C)NC(=O)c1ccc(NCc2cnc3nc(N)[nH]c(=O)c3n2)cc1. The number of anilines is 2. The van der Waals surface area contributed by atoms with Crippen LogP contribution in [0.3, 0.4) is 0 Å². The van der Waals surface area contributed by atoms with Crippen LogP contribution in [0.2, 0.25) is 0 Å². The molecule has 0 bridgehead atoms. The van der Waals surface area contributed by atoms with Crippen molar-refractivity contribution < 1.29 is 39.0 Å². The van der Waals surface area contributed by atoms with E-state index >= 15 is 0 Å². The van der Waals surface area contributed by atoms with Gasteiger partial charge in [0.2, 0.25) is 11.9 Å². The molecule has 366 valence electrons. The van der Waals surface area contributed by atoms with E-state index in [2.05, 4.69) is 46.5 Å². The van der Waals surface area contributed by atoms with Gasteiger partial charge in [-0.15, -0.1) is 0 Å². The van der Waals surface area contributed by atoms with Crippen molar-refractivity contribution in [2.45, 2.75) is 141 Å². The lowest BCUT2D eigenvalue weighted by Gasteiger charge is -2.41. The van der Waals surface area contributed by atoms with Gasteiger partial charge < -0.3 is 37.2 Å². The highest BCUT2D eigenvalue weighted by Crippen LogP contribution is 2.27. The molecule has 19 heteroatoms. The van der Waals surface area contributed by atoms with E-state index in [4.69, 9.17) is 10.8 Å². The molecule has 0 aliphatic rings. The zero-order valence-corrected chi connectivity index (χ0v) is 39.7. The number of nitrogens with one attached hydrogen (secondary N) is 6. The van der Waals surface area contributed by atoms with Crippen LogP contribution in [0.4, 0.5) is 11.6 Å². The summed E-state index contributed by atoms with van der Waals surface area (Å²) < 4.78 is 0. The molecule has 19 nitrogen and oxygen atoms in total. The molecule has 0 saturated heterocycles. The number of aliphatic carboxylic acids is 2. The summed E-state index contributed by atoms with van der Waals surface area (Å²) in [7, 11) is 0. The number of amides is 2. The van der Waals surface area contributed by atoms with Crippen LogP contribution in [0.1, 0.15) is 121 Å². The van der Waals surface area contributed by atoms with Gasteiger partial charge in [0.15, 0.2) is 22.7 Å². The van der Waals surface area contributed by atoms with Gasteiger partial charge in [-0.3, -0.25) is 39.1 Å². The molecule has 4 aromatic rings. The zero-order chi connectivity index (χ0) is 50.0. The molecule has 2 amide bonds. The van der Waals surface area contributed by atoms with Gasteiger partial charge in [-0.2, -0.15) is 4.98 Å². The molecule has 0 aliphatic heterocycles. The van der Waals surface area contributed by atoms with Gasteiger partial charge in [0, 0.05) is 42.4 Å². The van der Waals surface area contributed by atoms with E-state index in [0.717, 1.165) is 11.6 Å². The number of nitrogen functional groups attached to an aromatic ring is 1. The van der Waals surface area contributed by atoms with Gasteiger partial charge in [-0.1, -0.05) is 58.0 Å². The highest BCUT2D eigenvalue weighted by molar-refractivity contribution is 6.00. The number of carbonyl (C=O) groups is 6. The van der Waals surface area contributed by atoms with Gasteiger partial charge in [0.05, 0.1) is 47.5 Å². The highest BCUT2D eigenvalue weighted by atomic mass is 16.4. The van der Waals surface area contributed by atoms with E-state index in [9.17, 15) is 38.7 Å². The minimum absolute atomic E-state index is 0.0509. The second kappa shape index (κ2) is 25.3. The number of aromatic nitrogens is 4. The lowest BCUT2D eigenvalue weighted by molar-refractivity contribution is -0.139. The van der Waals surface area contributed by atoms with Crippen molar-refractivity contribution in [1.82, 2.24) is 41.2 Å². The smallest absolute Gasteiger partial charge is 0.332 e. The van der Waals surface area contributed by atoms with Crippen LogP contribution in [-0.2, 0) is 36.9 Å². The molecule has 0 saturated carbocycles. The van der Waals surface area contributed by atoms with E-state index in [-0.39, 0.29) is 79.0 Å². The summed E-state index contributed by atoms with van der Waals surface area (Å²) in [6.07, 6.45) is 4.71. The Bertz CT molecular complexity index is 2470. The summed E-state index contributed by atoms with van der Waals surface area (Å²) in [5.41, 5.74) is 5.38. The molecule has 4 rings (SSSR count). The Morgan fingerprint density at radius 2 is 1.50 bits per heavy atom. The molecule has 0 spiro atoms. The number of carboxylic acids is 2. The first-order valence-corrected chi connectivity index (χ1v) is 23.1. The number of carboxylic acid groups (broad SMARTS) is 2. The van der Waals surface area contributed by atoms with E-state index < -0.39 is 52.5 Å². The number of rotatable bonds is 29. The summed E-state index contributed by atoms with van der Waals surface area (Å²) >= 11 is 0. The Morgan fingerprint density at radius 1 is 0.838 bits per heavy atom. The van der Waals surface area contributed by atoms with Crippen molar-refractivity contribution in [3.63, 3.8) is 0 Å². The molecular formula is C49H66N10O9. The van der Waals surface area contributed by atoms with Crippen molar-refractivity contribution in [1.29, 1.82) is 0 Å². The number of nitrogens with two attached hydrogens (primary N) is 1. The summed E-state index contributed by atoms with van der Waals surface area (Å²) in [6.45, 7) is 11.8. The van der Waals surface area contributed by atoms with Crippen LogP contribution in [-0.4, -0.2) is 101 Å². The maximum atomic E-state index is 15.0. The number of H-pyrrole nitrogens is 1. The van der Waals surface area contributed by atoms with Crippen molar-refractivity contribution in [2.24, 2.45) is 0 Å². The summed E-state index contributed by atoms with van der Waals surface area (Å²) in [6, 6.07) is 15.5. The van der Waals surface area contributed by atoms with Gasteiger partial charge >= 0.3 is 11.9 Å². The number of hydrogen-bond acceptors (Lipinski definition) is 14. The number of Topliss-reactive ketones (excluding diaryl/α,β-unsaturated/α-hetero) is 2. The van der Waals surface area contributed by atoms with Crippen LogP contribution >= 0.6 is 0 Å². The first-order chi connectivity index (χ1) is 32.4. The van der Waals surface area contributed by atoms with Gasteiger partial charge in [0.1, 0.15) is 0 Å². The third kappa shape index (κ3) is 15.1. The van der Waals surface area contributed by atoms with E-state index in [1.807, 2.05) is 71.9 Å². The molecule has 2 unspecified atom stereocenters. The molecule has 68 heavy (non-hydrogen) atoms. The number of ketones is 2. The summed E-state index contributed by atoms with van der Waals surface area (Å²) in [5.74, 6) is -4.28. The Kier molecular flexibility index (Phi) is 20.0. The quantitative estimate of drug-likeness (QED) is 0.0265. The van der Waals surface area contributed by atoms with Crippen molar-refractivity contribution >= 4 is 58.1 Å². The Morgan fingerprint density at radius 3 is 2.12 bits per heavy atom. The number of carbonyl (C=O) groups excluding carboxylic acids is 4. The van der Waals surface area contributed by atoms with Gasteiger partial charge in [-0.05, 0) is 95.0 Å². The molecule has 3 atom stereocenters. The van der Waals surface area contributed by atoms with Gasteiger partial charge in [0.25, 0.3) is 11.5 Å². The first kappa shape index (κ1) is 53.8. The minimum Gasteiger partial charge on any atom is -0.481 e. The number of fused-ring (bicyclic) bond motifs is 1. The number of aromatic amines is 1. The van der Waals surface area contributed by atoms with E-state index in [0.29, 0.717) is 55.5 Å². The molecular weight excluding hydrogens is 873 g/mol. The average molecular weight is 939 g/mol. The third-order valence-corrected chi connectivity index (χ3v) is 12.3. The molecule has 0 aliphatic carbocycles. The molecule has 10 N–H and O–H groups in total. The average Bonchev–Trinajstić information content (AvgIpc) is 3.31. The Balaban J connectivity index is 1.43. The fraction of sp³-hybridized carbons (Fsp3) is 0.469. The maximum absolute atomic E-state index is 15.0. The number of nitrogens with zero attached hydrogens (tertiary/aromatic N) is 3. The summed E-state index contributed by atoms with van der Waals surface area (Å²) in [5, 5.41) is 34.4. The van der Waals surface area contributed by atoms with Crippen molar-refractivity contribution in [3.05, 3.63) is 99.6 Å². The normalized spacial score (nSPS) is 13.3. The topological polar surface area (TPSA) is 301 Å². The van der Waals surface area contributed by atoms with Crippen LogP contribution in [0.5, 0.6) is 0 Å². The Hall–Kier alpha value is -6.86. The lowest BCUT2D eigenvalue weighted by atomic mass is 9.79. The fourth-order valence-corrected chi connectivity index (χ4v) is 8.26. The van der Waals surface area contributed by atoms with E-state index in [1.54, 1.807) is 24.3 Å². The predicted molar refractivity (Wildman–Crippen MR) is 259 cm³/mol. The molecule has 2 heterocycles. The molecule has 0 radical (unpaired) electrons. The van der Waals surface area contributed by atoms with Crippen LogP contribution in [0.15, 0.2) is 77.2 Å². The number of hydrogen-bond donors (Lipinski definition) is 9. The zero-order valence-electron chi connectivity index (χ0n) is 39.7. The monoisotopic (exact) mass is 939 g/mol. The second-order valence-electron chi connectivity index (χ2n) is 17.1.